The Balaban J connectivity index is 1.69. The molecular weight excluding hydrogens is 266 g/mol. The smallest absolute Gasteiger partial charge is 0.234 e. The molecule has 0 radical (unpaired) electrons. The van der Waals surface area contributed by atoms with Gasteiger partial charge in [0.15, 0.2) is 0 Å². The highest BCUT2D eigenvalue weighted by Crippen LogP contribution is 2.28. The molecule has 0 saturated carbocycles. The lowest BCUT2D eigenvalue weighted by atomic mass is 9.89. The van der Waals surface area contributed by atoms with Crippen LogP contribution in [-0.2, 0) is 9.59 Å². The molecule has 2 fully saturated rings. The summed E-state index contributed by atoms with van der Waals surface area (Å²) in [5.41, 5.74) is 2.04. The van der Waals surface area contributed by atoms with Crippen molar-refractivity contribution in [3.8, 4) is 0 Å². The topological polar surface area (TPSA) is 62.3 Å². The number of likely N-dealkylation sites (tertiary alicyclic amines) is 1. The van der Waals surface area contributed by atoms with Crippen molar-refractivity contribution < 1.29 is 9.59 Å². The van der Waals surface area contributed by atoms with E-state index in [0.29, 0.717) is 18.8 Å². The van der Waals surface area contributed by atoms with Gasteiger partial charge in [-0.05, 0) is 51.0 Å². The second-order valence-corrected chi connectivity index (χ2v) is 6.10. The standard InChI is InChI=1S/C16H21N3O2/c1-19-8-6-11(7-9-19)14-4-2-12(10-17-14)13-3-5-15(20)18-16(13)21/h2,4,10-11,13H,3,5-9H2,1H3,(H,18,20,21). The maximum Gasteiger partial charge on any atom is 0.234 e. The summed E-state index contributed by atoms with van der Waals surface area (Å²) in [6.45, 7) is 2.22. The summed E-state index contributed by atoms with van der Waals surface area (Å²) in [5.74, 6) is -0.0778. The molecule has 2 amide bonds. The number of hydrogen-bond acceptors (Lipinski definition) is 4. The van der Waals surface area contributed by atoms with Crippen LogP contribution >= 0.6 is 0 Å². The van der Waals surface area contributed by atoms with Gasteiger partial charge in [-0.3, -0.25) is 19.9 Å². The normalized spacial score (nSPS) is 24.9. The van der Waals surface area contributed by atoms with Gasteiger partial charge in [0.25, 0.3) is 0 Å². The third-order valence-corrected chi connectivity index (χ3v) is 4.59. The van der Waals surface area contributed by atoms with E-state index in [1.807, 2.05) is 12.3 Å². The lowest BCUT2D eigenvalue weighted by Crippen LogP contribution is -2.39. The van der Waals surface area contributed by atoms with Crippen molar-refractivity contribution in [3.05, 3.63) is 29.6 Å². The molecule has 0 spiro atoms. The minimum atomic E-state index is -0.235. The summed E-state index contributed by atoms with van der Waals surface area (Å²) < 4.78 is 0. The molecule has 1 atom stereocenters. The van der Waals surface area contributed by atoms with E-state index in [-0.39, 0.29) is 17.7 Å². The minimum Gasteiger partial charge on any atom is -0.306 e. The number of aromatic nitrogens is 1. The van der Waals surface area contributed by atoms with E-state index in [1.54, 1.807) is 0 Å². The number of carbonyl (C=O) groups is 2. The molecule has 0 bridgehead atoms. The fourth-order valence-corrected chi connectivity index (χ4v) is 3.18. The first kappa shape index (κ1) is 14.2. The third kappa shape index (κ3) is 3.13. The van der Waals surface area contributed by atoms with E-state index in [0.717, 1.165) is 37.2 Å². The number of carbonyl (C=O) groups excluding carboxylic acids is 2. The van der Waals surface area contributed by atoms with E-state index >= 15 is 0 Å². The minimum absolute atomic E-state index is 0.174. The first-order valence-corrected chi connectivity index (χ1v) is 7.61. The van der Waals surface area contributed by atoms with Crippen molar-refractivity contribution in [2.45, 2.75) is 37.5 Å². The fourth-order valence-electron chi connectivity index (χ4n) is 3.18. The lowest BCUT2D eigenvalue weighted by Gasteiger charge is -2.28. The highest BCUT2D eigenvalue weighted by Gasteiger charge is 2.28. The van der Waals surface area contributed by atoms with Crippen LogP contribution in [0.1, 0.15) is 48.8 Å². The molecule has 0 aromatic carbocycles. The average Bonchev–Trinajstić information content (AvgIpc) is 2.48. The number of piperidine rings is 2. The van der Waals surface area contributed by atoms with E-state index in [1.165, 1.54) is 0 Å². The zero-order valence-electron chi connectivity index (χ0n) is 12.3. The van der Waals surface area contributed by atoms with Crippen LogP contribution in [0.4, 0.5) is 0 Å². The predicted octanol–water partition coefficient (Wildman–Crippen LogP) is 1.41. The van der Waals surface area contributed by atoms with Crippen molar-refractivity contribution >= 4 is 11.8 Å². The number of imide groups is 1. The molecule has 2 saturated heterocycles. The zero-order chi connectivity index (χ0) is 14.8. The molecule has 2 aliphatic heterocycles. The van der Waals surface area contributed by atoms with Crippen molar-refractivity contribution in [1.29, 1.82) is 0 Å². The molecule has 5 nitrogen and oxygen atoms in total. The van der Waals surface area contributed by atoms with E-state index < -0.39 is 0 Å². The molecule has 21 heavy (non-hydrogen) atoms. The van der Waals surface area contributed by atoms with Crippen molar-refractivity contribution in [1.82, 2.24) is 15.2 Å². The van der Waals surface area contributed by atoms with Crippen LogP contribution in [0.3, 0.4) is 0 Å². The lowest BCUT2D eigenvalue weighted by molar-refractivity contribution is -0.134. The van der Waals surface area contributed by atoms with Crippen molar-refractivity contribution in [3.63, 3.8) is 0 Å². The molecule has 3 heterocycles. The quantitative estimate of drug-likeness (QED) is 0.836. The van der Waals surface area contributed by atoms with Gasteiger partial charge in [-0.15, -0.1) is 0 Å². The molecule has 3 rings (SSSR count). The number of amides is 2. The zero-order valence-corrected chi connectivity index (χ0v) is 12.3. The van der Waals surface area contributed by atoms with Crippen LogP contribution in [0.15, 0.2) is 18.3 Å². The molecule has 2 aliphatic rings. The summed E-state index contributed by atoms with van der Waals surface area (Å²) in [4.78, 5) is 30.0. The summed E-state index contributed by atoms with van der Waals surface area (Å²) in [5, 5.41) is 2.40. The molecule has 5 heteroatoms. The number of hydrogen-bond donors (Lipinski definition) is 1. The molecule has 112 valence electrons. The number of rotatable bonds is 2. The number of pyridine rings is 1. The average molecular weight is 287 g/mol. The maximum atomic E-state index is 11.9. The maximum absolute atomic E-state index is 11.9. The predicted molar refractivity (Wildman–Crippen MR) is 78.8 cm³/mol. The van der Waals surface area contributed by atoms with Gasteiger partial charge in [-0.25, -0.2) is 0 Å². The van der Waals surface area contributed by atoms with Crippen LogP contribution in [0.5, 0.6) is 0 Å². The van der Waals surface area contributed by atoms with Gasteiger partial charge in [0.05, 0.1) is 5.92 Å². The molecule has 1 unspecified atom stereocenters. The van der Waals surface area contributed by atoms with Gasteiger partial charge < -0.3 is 4.90 Å². The number of nitrogens with zero attached hydrogens (tertiary/aromatic N) is 2. The Labute approximate surface area is 124 Å². The van der Waals surface area contributed by atoms with Crippen molar-refractivity contribution in [2.24, 2.45) is 0 Å². The summed E-state index contributed by atoms with van der Waals surface area (Å²) >= 11 is 0. The number of nitrogens with one attached hydrogen (secondary N) is 1. The van der Waals surface area contributed by atoms with E-state index in [2.05, 4.69) is 28.3 Å². The summed E-state index contributed by atoms with van der Waals surface area (Å²) in [7, 11) is 2.15. The first-order chi connectivity index (χ1) is 10.1. The van der Waals surface area contributed by atoms with E-state index in [4.69, 9.17) is 0 Å². The van der Waals surface area contributed by atoms with Crippen LogP contribution in [0.2, 0.25) is 0 Å². The second kappa shape index (κ2) is 5.93. The van der Waals surface area contributed by atoms with Crippen molar-refractivity contribution in [2.75, 3.05) is 20.1 Å². The van der Waals surface area contributed by atoms with Crippen LogP contribution in [0, 0.1) is 0 Å². The van der Waals surface area contributed by atoms with Gasteiger partial charge in [0, 0.05) is 24.2 Å². The Hall–Kier alpha value is -1.75. The van der Waals surface area contributed by atoms with Gasteiger partial charge in [-0.2, -0.15) is 0 Å². The Morgan fingerprint density at radius 3 is 2.57 bits per heavy atom. The second-order valence-electron chi connectivity index (χ2n) is 6.10. The van der Waals surface area contributed by atoms with Gasteiger partial charge >= 0.3 is 0 Å². The molecular formula is C16H21N3O2. The van der Waals surface area contributed by atoms with Gasteiger partial charge in [0.2, 0.25) is 11.8 Å². The van der Waals surface area contributed by atoms with Gasteiger partial charge in [-0.1, -0.05) is 6.07 Å². The van der Waals surface area contributed by atoms with Crippen LogP contribution in [-0.4, -0.2) is 41.8 Å². The van der Waals surface area contributed by atoms with E-state index in [9.17, 15) is 9.59 Å². The van der Waals surface area contributed by atoms with Crippen LogP contribution < -0.4 is 5.32 Å². The summed E-state index contributed by atoms with van der Waals surface area (Å²) in [6.07, 6.45) is 5.09. The molecule has 0 aliphatic carbocycles. The Morgan fingerprint density at radius 1 is 1.19 bits per heavy atom. The molecule has 1 aromatic rings. The Bertz CT molecular complexity index is 533. The Morgan fingerprint density at radius 2 is 1.95 bits per heavy atom. The summed E-state index contributed by atoms with van der Waals surface area (Å²) in [6, 6.07) is 4.05. The SMILES string of the molecule is CN1CCC(c2ccc(C3CCC(=O)NC3=O)cn2)CC1. The largest absolute Gasteiger partial charge is 0.306 e. The first-order valence-electron chi connectivity index (χ1n) is 7.61. The highest BCUT2D eigenvalue weighted by molar-refractivity contribution is 6.00. The molecule has 1 aromatic heterocycles. The third-order valence-electron chi connectivity index (χ3n) is 4.59. The van der Waals surface area contributed by atoms with Gasteiger partial charge in [0.1, 0.15) is 0 Å². The molecule has 1 N–H and O–H groups in total. The highest BCUT2D eigenvalue weighted by atomic mass is 16.2. The van der Waals surface area contributed by atoms with Crippen LogP contribution in [0.25, 0.3) is 0 Å². The monoisotopic (exact) mass is 287 g/mol. The Kier molecular flexibility index (Phi) is 4.01. The fraction of sp³-hybridized carbons (Fsp3) is 0.562.